The molecular weight excluding hydrogens is 350 g/mol. The molecule has 1 amide bonds. The second-order valence-electron chi connectivity index (χ2n) is 8.27. The van der Waals surface area contributed by atoms with Crippen LogP contribution in [0.15, 0.2) is 60.7 Å². The molecule has 1 saturated heterocycles. The summed E-state index contributed by atoms with van der Waals surface area (Å²) in [6, 6.07) is 19.9. The zero-order chi connectivity index (χ0) is 19.6. The van der Waals surface area contributed by atoms with E-state index >= 15 is 0 Å². The van der Waals surface area contributed by atoms with Gasteiger partial charge in [0, 0.05) is 12.0 Å². The van der Waals surface area contributed by atoms with Crippen molar-refractivity contribution in [3.05, 3.63) is 71.8 Å². The van der Waals surface area contributed by atoms with E-state index in [2.05, 4.69) is 26.0 Å². The summed E-state index contributed by atoms with van der Waals surface area (Å²) in [6.45, 7) is 5.52. The van der Waals surface area contributed by atoms with Crippen molar-refractivity contribution in [2.75, 3.05) is 6.61 Å². The number of benzene rings is 2. The Morgan fingerprint density at radius 1 is 1.14 bits per heavy atom. The number of hydrogen-bond donors (Lipinski definition) is 0. The molecule has 4 heteroatoms. The molecule has 0 aromatic heterocycles. The first-order chi connectivity index (χ1) is 13.6. The first kappa shape index (κ1) is 19.2. The van der Waals surface area contributed by atoms with E-state index in [-0.39, 0.29) is 18.1 Å². The SMILES string of the molecule is CC(C)[C@H]1CO[C@]2(CC[C@H](OCc3ccccc3)C2)N1C(=O)c1ccccc1. The lowest BCUT2D eigenvalue weighted by atomic mass is 9.99. The van der Waals surface area contributed by atoms with Crippen LogP contribution in [0.4, 0.5) is 0 Å². The summed E-state index contributed by atoms with van der Waals surface area (Å²) in [5.74, 6) is 0.414. The molecule has 28 heavy (non-hydrogen) atoms. The van der Waals surface area contributed by atoms with Gasteiger partial charge in [-0.15, -0.1) is 0 Å². The third kappa shape index (κ3) is 3.71. The Labute approximate surface area is 167 Å². The summed E-state index contributed by atoms with van der Waals surface area (Å²) in [6.07, 6.45) is 2.59. The van der Waals surface area contributed by atoms with Gasteiger partial charge in [0.05, 0.1) is 25.4 Å². The van der Waals surface area contributed by atoms with E-state index in [9.17, 15) is 4.79 Å². The minimum atomic E-state index is -0.538. The number of hydrogen-bond acceptors (Lipinski definition) is 3. The monoisotopic (exact) mass is 379 g/mol. The van der Waals surface area contributed by atoms with Gasteiger partial charge in [0.1, 0.15) is 5.72 Å². The Morgan fingerprint density at radius 2 is 1.82 bits per heavy atom. The van der Waals surface area contributed by atoms with Crippen LogP contribution in [0.3, 0.4) is 0 Å². The molecule has 2 fully saturated rings. The third-order valence-corrected chi connectivity index (χ3v) is 6.03. The number of rotatable bonds is 5. The van der Waals surface area contributed by atoms with Gasteiger partial charge in [0.15, 0.2) is 0 Å². The van der Waals surface area contributed by atoms with Gasteiger partial charge in [-0.25, -0.2) is 0 Å². The maximum Gasteiger partial charge on any atom is 0.256 e. The number of nitrogens with zero attached hydrogens (tertiary/aromatic N) is 1. The standard InChI is InChI=1S/C24H29NO3/c1-18(2)22-17-28-24(25(22)23(26)20-11-7-4-8-12-20)14-13-21(15-24)27-16-19-9-5-3-6-10-19/h3-12,18,21-22H,13-17H2,1-2H3/t21-,22+,24-/m0/s1. The lowest BCUT2D eigenvalue weighted by Gasteiger charge is -2.38. The quantitative estimate of drug-likeness (QED) is 0.759. The van der Waals surface area contributed by atoms with Crippen molar-refractivity contribution >= 4 is 5.91 Å². The molecule has 1 heterocycles. The summed E-state index contributed by atoms with van der Waals surface area (Å²) in [4.78, 5) is 15.4. The highest BCUT2D eigenvalue weighted by molar-refractivity contribution is 5.95. The van der Waals surface area contributed by atoms with Gasteiger partial charge in [-0.1, -0.05) is 62.4 Å². The first-order valence-electron chi connectivity index (χ1n) is 10.3. The van der Waals surface area contributed by atoms with Crippen molar-refractivity contribution in [1.29, 1.82) is 0 Å². The Morgan fingerprint density at radius 3 is 2.50 bits per heavy atom. The highest BCUT2D eigenvalue weighted by Crippen LogP contribution is 2.45. The lowest BCUT2D eigenvalue weighted by Crippen LogP contribution is -2.51. The zero-order valence-corrected chi connectivity index (χ0v) is 16.7. The number of carbonyl (C=O) groups excluding carboxylic acids is 1. The molecule has 0 radical (unpaired) electrons. The fraction of sp³-hybridized carbons (Fsp3) is 0.458. The summed E-state index contributed by atoms with van der Waals surface area (Å²) < 4.78 is 12.5. The van der Waals surface area contributed by atoms with Gasteiger partial charge in [0.2, 0.25) is 0 Å². The van der Waals surface area contributed by atoms with Crippen molar-refractivity contribution in [2.24, 2.45) is 5.92 Å². The fourth-order valence-corrected chi connectivity index (χ4v) is 4.46. The Hall–Kier alpha value is -2.17. The van der Waals surface area contributed by atoms with Crippen LogP contribution in [0.2, 0.25) is 0 Å². The maximum atomic E-state index is 13.4. The van der Waals surface area contributed by atoms with E-state index in [1.54, 1.807) is 0 Å². The van der Waals surface area contributed by atoms with Crippen LogP contribution in [0.5, 0.6) is 0 Å². The molecule has 1 aliphatic carbocycles. The van der Waals surface area contributed by atoms with E-state index in [1.807, 2.05) is 53.4 Å². The van der Waals surface area contributed by atoms with Crippen molar-refractivity contribution in [2.45, 2.75) is 57.6 Å². The summed E-state index contributed by atoms with van der Waals surface area (Å²) in [5, 5.41) is 0. The summed E-state index contributed by atoms with van der Waals surface area (Å²) in [5.41, 5.74) is 1.36. The molecule has 0 unspecified atom stereocenters. The third-order valence-electron chi connectivity index (χ3n) is 6.03. The first-order valence-corrected chi connectivity index (χ1v) is 10.3. The van der Waals surface area contributed by atoms with E-state index in [0.29, 0.717) is 19.1 Å². The minimum Gasteiger partial charge on any atom is -0.373 e. The molecule has 0 bridgehead atoms. The van der Waals surface area contributed by atoms with Crippen LogP contribution >= 0.6 is 0 Å². The van der Waals surface area contributed by atoms with Crippen LogP contribution in [0.25, 0.3) is 0 Å². The average Bonchev–Trinajstić information content (AvgIpc) is 3.31. The average molecular weight is 380 g/mol. The van der Waals surface area contributed by atoms with Gasteiger partial charge >= 0.3 is 0 Å². The van der Waals surface area contributed by atoms with Crippen molar-refractivity contribution in [1.82, 2.24) is 4.90 Å². The normalized spacial score (nSPS) is 27.0. The Kier molecular flexibility index (Phi) is 5.51. The lowest BCUT2D eigenvalue weighted by molar-refractivity contribution is -0.0781. The van der Waals surface area contributed by atoms with Gasteiger partial charge in [-0.2, -0.15) is 0 Å². The van der Waals surface area contributed by atoms with E-state index in [4.69, 9.17) is 9.47 Å². The highest BCUT2D eigenvalue weighted by atomic mass is 16.5. The van der Waals surface area contributed by atoms with Crippen LogP contribution in [-0.4, -0.2) is 35.3 Å². The predicted octanol–water partition coefficient (Wildman–Crippen LogP) is 4.65. The van der Waals surface area contributed by atoms with Gasteiger partial charge < -0.3 is 14.4 Å². The Balaban J connectivity index is 1.51. The number of amides is 1. The van der Waals surface area contributed by atoms with Crippen molar-refractivity contribution in [3.63, 3.8) is 0 Å². The van der Waals surface area contributed by atoms with Gasteiger partial charge in [0.25, 0.3) is 5.91 Å². The van der Waals surface area contributed by atoms with Crippen LogP contribution in [0, 0.1) is 5.92 Å². The Bertz CT molecular complexity index is 792. The zero-order valence-electron chi connectivity index (χ0n) is 16.7. The fourth-order valence-electron chi connectivity index (χ4n) is 4.46. The van der Waals surface area contributed by atoms with Crippen LogP contribution in [-0.2, 0) is 16.1 Å². The van der Waals surface area contributed by atoms with Gasteiger partial charge in [-0.05, 0) is 36.5 Å². The number of carbonyl (C=O) groups is 1. The van der Waals surface area contributed by atoms with E-state index < -0.39 is 5.72 Å². The topological polar surface area (TPSA) is 38.8 Å². The molecule has 1 spiro atoms. The summed E-state index contributed by atoms with van der Waals surface area (Å²) >= 11 is 0. The van der Waals surface area contributed by atoms with E-state index in [0.717, 1.165) is 24.8 Å². The molecule has 2 aliphatic rings. The molecule has 3 atom stereocenters. The highest BCUT2D eigenvalue weighted by Gasteiger charge is 2.55. The molecular formula is C24H29NO3. The van der Waals surface area contributed by atoms with Crippen molar-refractivity contribution in [3.8, 4) is 0 Å². The second-order valence-corrected chi connectivity index (χ2v) is 8.27. The molecule has 1 aliphatic heterocycles. The predicted molar refractivity (Wildman–Crippen MR) is 109 cm³/mol. The molecule has 4 nitrogen and oxygen atoms in total. The van der Waals surface area contributed by atoms with Crippen LogP contribution < -0.4 is 0 Å². The van der Waals surface area contributed by atoms with Gasteiger partial charge in [-0.3, -0.25) is 4.79 Å². The molecule has 2 aromatic carbocycles. The van der Waals surface area contributed by atoms with E-state index in [1.165, 1.54) is 5.56 Å². The smallest absolute Gasteiger partial charge is 0.256 e. The maximum absolute atomic E-state index is 13.4. The largest absolute Gasteiger partial charge is 0.373 e. The molecule has 4 rings (SSSR count). The molecule has 0 N–H and O–H groups in total. The number of ether oxygens (including phenoxy) is 2. The summed E-state index contributed by atoms with van der Waals surface area (Å²) in [7, 11) is 0. The second kappa shape index (κ2) is 8.06. The molecule has 148 valence electrons. The molecule has 2 aromatic rings. The minimum absolute atomic E-state index is 0.0699. The molecule has 1 saturated carbocycles. The van der Waals surface area contributed by atoms with Crippen molar-refractivity contribution < 1.29 is 14.3 Å². The van der Waals surface area contributed by atoms with Crippen LogP contribution in [0.1, 0.15) is 49.0 Å².